The maximum absolute atomic E-state index is 13.2. The fraction of sp³-hybridized carbons (Fsp3) is 0.667. The third kappa shape index (κ3) is 3.35. The van der Waals surface area contributed by atoms with E-state index in [-0.39, 0.29) is 17.3 Å². The van der Waals surface area contributed by atoms with Crippen molar-refractivity contribution in [3.63, 3.8) is 0 Å². The van der Waals surface area contributed by atoms with Crippen LogP contribution in [0.1, 0.15) is 69.3 Å². The SMILES string of the molecule is O=C(C1CCCC1)N1CCC2(CC1)CC(c1ccccc1)C(=O)N(C1CC1)C2. The van der Waals surface area contributed by atoms with Crippen LogP contribution >= 0.6 is 0 Å². The molecule has 2 aliphatic heterocycles. The van der Waals surface area contributed by atoms with E-state index < -0.39 is 0 Å². The summed E-state index contributed by atoms with van der Waals surface area (Å²) in [5.74, 6) is 1.01. The molecule has 4 nitrogen and oxygen atoms in total. The van der Waals surface area contributed by atoms with Crippen LogP contribution in [-0.4, -0.2) is 47.3 Å². The highest BCUT2D eigenvalue weighted by molar-refractivity contribution is 5.85. The van der Waals surface area contributed by atoms with E-state index in [1.165, 1.54) is 18.4 Å². The van der Waals surface area contributed by atoms with Gasteiger partial charge in [0.05, 0.1) is 5.92 Å². The maximum Gasteiger partial charge on any atom is 0.230 e. The van der Waals surface area contributed by atoms with Crippen LogP contribution < -0.4 is 0 Å². The van der Waals surface area contributed by atoms with Crippen molar-refractivity contribution in [1.82, 2.24) is 9.80 Å². The monoisotopic (exact) mass is 380 g/mol. The number of carbonyl (C=O) groups is 2. The number of carbonyl (C=O) groups excluding carboxylic acids is 2. The van der Waals surface area contributed by atoms with Crippen LogP contribution in [0.4, 0.5) is 0 Å². The van der Waals surface area contributed by atoms with E-state index in [2.05, 4.69) is 21.9 Å². The van der Waals surface area contributed by atoms with Crippen LogP contribution in [-0.2, 0) is 9.59 Å². The van der Waals surface area contributed by atoms with Gasteiger partial charge in [-0.3, -0.25) is 9.59 Å². The minimum absolute atomic E-state index is 0.00682. The van der Waals surface area contributed by atoms with Crippen molar-refractivity contribution < 1.29 is 9.59 Å². The molecular weight excluding hydrogens is 348 g/mol. The second kappa shape index (κ2) is 7.20. The molecule has 5 rings (SSSR count). The molecule has 0 bridgehead atoms. The Bertz CT molecular complexity index is 728. The van der Waals surface area contributed by atoms with Crippen molar-refractivity contribution in [3.8, 4) is 0 Å². The molecule has 2 saturated heterocycles. The van der Waals surface area contributed by atoms with Crippen molar-refractivity contribution in [2.75, 3.05) is 19.6 Å². The molecule has 1 aromatic carbocycles. The first-order chi connectivity index (χ1) is 13.7. The van der Waals surface area contributed by atoms with Gasteiger partial charge in [0.15, 0.2) is 0 Å². The Morgan fingerprint density at radius 1 is 0.964 bits per heavy atom. The summed E-state index contributed by atoms with van der Waals surface area (Å²) in [4.78, 5) is 30.4. The molecule has 28 heavy (non-hydrogen) atoms. The Balaban J connectivity index is 1.33. The van der Waals surface area contributed by atoms with Crippen molar-refractivity contribution in [2.24, 2.45) is 11.3 Å². The zero-order valence-electron chi connectivity index (χ0n) is 16.8. The maximum atomic E-state index is 13.2. The number of hydrogen-bond donors (Lipinski definition) is 0. The van der Waals surface area contributed by atoms with Crippen LogP contribution in [0, 0.1) is 11.3 Å². The summed E-state index contributed by atoms with van der Waals surface area (Å²) < 4.78 is 0. The van der Waals surface area contributed by atoms with Crippen LogP contribution in [0.2, 0.25) is 0 Å². The standard InChI is InChI=1S/C24H32N2O2/c27-22(19-8-4-5-9-19)25-14-12-24(13-15-25)16-21(18-6-2-1-3-7-18)23(28)26(17-24)20-10-11-20/h1-3,6-7,19-21H,4-5,8-17H2. The van der Waals surface area contributed by atoms with Crippen LogP contribution in [0.3, 0.4) is 0 Å². The summed E-state index contributed by atoms with van der Waals surface area (Å²) in [6, 6.07) is 10.8. The number of rotatable bonds is 3. The van der Waals surface area contributed by atoms with Gasteiger partial charge < -0.3 is 9.80 Å². The predicted molar refractivity (Wildman–Crippen MR) is 109 cm³/mol. The molecule has 0 N–H and O–H groups in total. The minimum Gasteiger partial charge on any atom is -0.342 e. The fourth-order valence-electron chi connectivity index (χ4n) is 5.86. The second-order valence-electron chi connectivity index (χ2n) is 9.67. The third-order valence-corrected chi connectivity index (χ3v) is 7.75. The van der Waals surface area contributed by atoms with Crippen LogP contribution in [0.25, 0.3) is 0 Å². The molecule has 2 amide bonds. The number of likely N-dealkylation sites (tertiary alicyclic amines) is 2. The lowest BCUT2D eigenvalue weighted by Gasteiger charge is -2.50. The molecule has 4 fully saturated rings. The number of benzene rings is 1. The summed E-state index contributed by atoms with van der Waals surface area (Å²) in [5.41, 5.74) is 1.35. The first-order valence-corrected chi connectivity index (χ1v) is 11.3. The smallest absolute Gasteiger partial charge is 0.230 e. The van der Waals surface area contributed by atoms with Gasteiger partial charge >= 0.3 is 0 Å². The molecule has 0 radical (unpaired) electrons. The quantitative estimate of drug-likeness (QED) is 0.796. The van der Waals surface area contributed by atoms with Gasteiger partial charge in [0, 0.05) is 31.6 Å². The first-order valence-electron chi connectivity index (χ1n) is 11.3. The lowest BCUT2D eigenvalue weighted by Crippen LogP contribution is -2.55. The normalized spacial score (nSPS) is 28.1. The summed E-state index contributed by atoms with van der Waals surface area (Å²) in [6.45, 7) is 2.67. The van der Waals surface area contributed by atoms with E-state index in [0.717, 1.165) is 64.6 Å². The molecule has 4 aliphatic rings. The lowest BCUT2D eigenvalue weighted by atomic mass is 9.67. The van der Waals surface area contributed by atoms with Gasteiger partial charge in [-0.25, -0.2) is 0 Å². The Morgan fingerprint density at radius 3 is 2.29 bits per heavy atom. The number of nitrogens with zero attached hydrogens (tertiary/aromatic N) is 2. The van der Waals surface area contributed by atoms with Gasteiger partial charge in [-0.05, 0) is 55.9 Å². The molecule has 1 atom stereocenters. The van der Waals surface area contributed by atoms with Crippen molar-refractivity contribution in [3.05, 3.63) is 35.9 Å². The minimum atomic E-state index is -0.00682. The van der Waals surface area contributed by atoms with Gasteiger partial charge in [0.1, 0.15) is 0 Å². The number of hydrogen-bond acceptors (Lipinski definition) is 2. The topological polar surface area (TPSA) is 40.6 Å². The van der Waals surface area contributed by atoms with Crippen molar-refractivity contribution >= 4 is 11.8 Å². The van der Waals surface area contributed by atoms with E-state index in [1.807, 2.05) is 18.2 Å². The highest BCUT2D eigenvalue weighted by atomic mass is 16.2. The molecule has 1 aromatic rings. The van der Waals surface area contributed by atoms with Gasteiger partial charge in [0.25, 0.3) is 0 Å². The van der Waals surface area contributed by atoms with Gasteiger partial charge in [-0.15, -0.1) is 0 Å². The van der Waals surface area contributed by atoms with E-state index in [4.69, 9.17) is 0 Å². The lowest BCUT2D eigenvalue weighted by molar-refractivity contribution is -0.146. The van der Waals surface area contributed by atoms with Gasteiger partial charge in [-0.1, -0.05) is 43.2 Å². The number of amides is 2. The van der Waals surface area contributed by atoms with Crippen molar-refractivity contribution in [2.45, 2.75) is 69.7 Å². The molecule has 1 unspecified atom stereocenters. The predicted octanol–water partition coefficient (Wildman–Crippen LogP) is 3.96. The fourth-order valence-corrected chi connectivity index (χ4v) is 5.86. The zero-order chi connectivity index (χ0) is 19.1. The Labute approximate surface area is 168 Å². The highest BCUT2D eigenvalue weighted by Crippen LogP contribution is 2.48. The molecule has 2 aliphatic carbocycles. The van der Waals surface area contributed by atoms with E-state index in [0.29, 0.717) is 17.9 Å². The van der Waals surface area contributed by atoms with Gasteiger partial charge in [-0.2, -0.15) is 0 Å². The molecule has 0 aromatic heterocycles. The molecule has 2 saturated carbocycles. The highest BCUT2D eigenvalue weighted by Gasteiger charge is 2.50. The molecule has 1 spiro atoms. The summed E-state index contributed by atoms with van der Waals surface area (Å²) in [5, 5.41) is 0. The third-order valence-electron chi connectivity index (χ3n) is 7.75. The average Bonchev–Trinajstić information content (AvgIpc) is 3.43. The largest absolute Gasteiger partial charge is 0.342 e. The second-order valence-corrected chi connectivity index (χ2v) is 9.67. The number of piperidine rings is 2. The Hall–Kier alpha value is -1.84. The van der Waals surface area contributed by atoms with E-state index in [1.54, 1.807) is 0 Å². The molecule has 150 valence electrons. The molecule has 4 heteroatoms. The average molecular weight is 381 g/mol. The van der Waals surface area contributed by atoms with Crippen molar-refractivity contribution in [1.29, 1.82) is 0 Å². The zero-order valence-corrected chi connectivity index (χ0v) is 16.8. The van der Waals surface area contributed by atoms with Crippen LogP contribution in [0.5, 0.6) is 0 Å². The summed E-state index contributed by atoms with van der Waals surface area (Å²) >= 11 is 0. The summed E-state index contributed by atoms with van der Waals surface area (Å²) in [7, 11) is 0. The van der Waals surface area contributed by atoms with E-state index >= 15 is 0 Å². The first kappa shape index (κ1) is 18.2. The Kier molecular flexibility index (Phi) is 4.68. The summed E-state index contributed by atoms with van der Waals surface area (Å²) in [6.07, 6.45) is 9.96. The Morgan fingerprint density at radius 2 is 1.64 bits per heavy atom. The van der Waals surface area contributed by atoms with Gasteiger partial charge in [0.2, 0.25) is 11.8 Å². The molecule has 2 heterocycles. The molecular formula is C24H32N2O2. The van der Waals surface area contributed by atoms with E-state index in [9.17, 15) is 9.59 Å². The van der Waals surface area contributed by atoms with Crippen LogP contribution in [0.15, 0.2) is 30.3 Å².